The van der Waals surface area contributed by atoms with Crippen LogP contribution in [0.3, 0.4) is 0 Å². The van der Waals surface area contributed by atoms with Crippen LogP contribution in [-0.4, -0.2) is 53.0 Å². The number of carbonyl (C=O) groups is 2. The number of carboxylic acids is 1. The van der Waals surface area contributed by atoms with Crippen molar-refractivity contribution in [3.63, 3.8) is 0 Å². The van der Waals surface area contributed by atoms with E-state index in [2.05, 4.69) is 48.3 Å². The first-order chi connectivity index (χ1) is 21.6. The number of nitrogens with zero attached hydrogens (tertiary/aromatic N) is 2. The molecule has 1 heterocycles. The number of benzene rings is 3. The minimum absolute atomic E-state index is 0.0391. The highest BCUT2D eigenvalue weighted by atomic mass is 16.5. The van der Waals surface area contributed by atoms with Crippen molar-refractivity contribution in [1.29, 1.82) is 0 Å². The number of rotatable bonds is 12. The van der Waals surface area contributed by atoms with Gasteiger partial charge in [-0.3, -0.25) is 14.5 Å². The molecule has 0 aliphatic heterocycles. The van der Waals surface area contributed by atoms with Crippen molar-refractivity contribution in [3.05, 3.63) is 95.1 Å². The van der Waals surface area contributed by atoms with Crippen LogP contribution >= 0.6 is 0 Å². The molecule has 0 saturated heterocycles. The predicted octanol–water partition coefficient (Wildman–Crippen LogP) is 7.06. The fraction of sp³-hybridized carbons (Fsp3) is 0.324. The van der Waals surface area contributed by atoms with Gasteiger partial charge in [-0.15, -0.1) is 0 Å². The summed E-state index contributed by atoms with van der Waals surface area (Å²) < 4.78 is 17.5. The molecule has 8 nitrogen and oxygen atoms in total. The first kappa shape index (κ1) is 31.7. The fourth-order valence-electron chi connectivity index (χ4n) is 5.95. The molecule has 234 valence electrons. The molecule has 45 heavy (non-hydrogen) atoms. The van der Waals surface area contributed by atoms with E-state index in [0.29, 0.717) is 24.1 Å². The molecule has 1 aromatic heterocycles. The number of carbonyl (C=O) groups excluding carboxylic acids is 1. The Hall–Kier alpha value is -4.69. The van der Waals surface area contributed by atoms with Gasteiger partial charge in [0.15, 0.2) is 6.29 Å². The number of methoxy groups -OCH3 is 1. The lowest BCUT2D eigenvalue weighted by atomic mass is 9.89. The highest BCUT2D eigenvalue weighted by Crippen LogP contribution is 2.42. The topological polar surface area (TPSA) is 98.2 Å². The summed E-state index contributed by atoms with van der Waals surface area (Å²) in [5.41, 5.74) is 8.67. The summed E-state index contributed by atoms with van der Waals surface area (Å²) >= 11 is 0. The number of aromatic nitrogens is 1. The maximum absolute atomic E-state index is 11.5. The number of hydrogen-bond donors (Lipinski definition) is 1. The van der Waals surface area contributed by atoms with Gasteiger partial charge in [0.25, 0.3) is 0 Å². The minimum Gasteiger partial charge on any atom is -0.486 e. The maximum Gasteiger partial charge on any atom is 0.317 e. The molecule has 0 spiro atoms. The average molecular weight is 609 g/mol. The van der Waals surface area contributed by atoms with Gasteiger partial charge in [0, 0.05) is 23.7 Å². The molecule has 3 aromatic carbocycles. The minimum atomic E-state index is -0.880. The zero-order valence-corrected chi connectivity index (χ0v) is 26.5. The van der Waals surface area contributed by atoms with Crippen molar-refractivity contribution < 1.29 is 28.9 Å². The summed E-state index contributed by atoms with van der Waals surface area (Å²) in [6, 6.07) is 24.3. The van der Waals surface area contributed by atoms with Gasteiger partial charge in [-0.05, 0) is 97.7 Å². The number of aliphatic carboxylic acids is 1. The summed E-state index contributed by atoms with van der Waals surface area (Å²) in [6.07, 6.45) is 2.30. The molecule has 1 atom stereocenters. The number of carboxylic acid groups (broad SMARTS) is 1. The Morgan fingerprint density at radius 1 is 1.00 bits per heavy atom. The fourth-order valence-corrected chi connectivity index (χ4v) is 5.95. The molecule has 8 heteroatoms. The van der Waals surface area contributed by atoms with Crippen LogP contribution < -0.4 is 14.2 Å². The van der Waals surface area contributed by atoms with Crippen LogP contribution in [0.5, 0.6) is 17.5 Å². The lowest BCUT2D eigenvalue weighted by molar-refractivity contribution is -0.140. The van der Waals surface area contributed by atoms with Crippen LogP contribution in [0.4, 0.5) is 0 Å². The summed E-state index contributed by atoms with van der Waals surface area (Å²) in [6.45, 7) is 8.46. The lowest BCUT2D eigenvalue weighted by Gasteiger charge is -2.34. The van der Waals surface area contributed by atoms with Gasteiger partial charge in [0.2, 0.25) is 11.8 Å². The number of fused-ring (bicyclic) bond motifs is 1. The summed E-state index contributed by atoms with van der Waals surface area (Å²) in [4.78, 5) is 28.7. The van der Waals surface area contributed by atoms with E-state index in [1.54, 1.807) is 7.11 Å². The second-order valence-corrected chi connectivity index (χ2v) is 12.2. The third kappa shape index (κ3) is 7.18. The van der Waals surface area contributed by atoms with E-state index >= 15 is 0 Å². The van der Waals surface area contributed by atoms with E-state index in [4.69, 9.17) is 14.2 Å². The van der Waals surface area contributed by atoms with Crippen molar-refractivity contribution in [2.45, 2.75) is 58.7 Å². The average Bonchev–Trinajstić information content (AvgIpc) is 3.43. The molecular formula is C37H40N2O6. The number of hydrogen-bond acceptors (Lipinski definition) is 7. The van der Waals surface area contributed by atoms with Gasteiger partial charge in [0.05, 0.1) is 13.7 Å². The van der Waals surface area contributed by atoms with E-state index in [1.165, 1.54) is 22.3 Å². The SMILES string of the molecule is COc1nc(O[C@H]2CCc3c(-c4cccc(-c5ccc(OCC=O)cc5)c4C)cccc32)ccc1CN(CC(=O)O)C(C)(C)C. The van der Waals surface area contributed by atoms with Crippen LogP contribution in [0.1, 0.15) is 55.5 Å². The molecule has 0 unspecified atom stereocenters. The summed E-state index contributed by atoms with van der Waals surface area (Å²) in [5.74, 6) is 0.681. The van der Waals surface area contributed by atoms with Crippen LogP contribution in [0, 0.1) is 6.92 Å². The van der Waals surface area contributed by atoms with Crippen LogP contribution in [-0.2, 0) is 22.6 Å². The Labute approximate surface area is 264 Å². The second kappa shape index (κ2) is 13.5. The van der Waals surface area contributed by atoms with Crippen molar-refractivity contribution in [3.8, 4) is 39.8 Å². The van der Waals surface area contributed by atoms with Crippen molar-refractivity contribution in [2.75, 3.05) is 20.3 Å². The first-order valence-electron chi connectivity index (χ1n) is 15.1. The lowest BCUT2D eigenvalue weighted by Crippen LogP contribution is -2.43. The smallest absolute Gasteiger partial charge is 0.317 e. The Morgan fingerprint density at radius 2 is 1.71 bits per heavy atom. The van der Waals surface area contributed by atoms with Crippen LogP contribution in [0.15, 0.2) is 72.8 Å². The molecule has 5 rings (SSSR count). The van der Waals surface area contributed by atoms with Gasteiger partial charge in [-0.2, -0.15) is 4.98 Å². The standard InChI is InChI=1S/C37H40N2O6/c1-24-28(25-12-15-27(16-13-25)44-21-20-40)8-6-9-29(24)30-10-7-11-32-31(30)17-18-33(32)45-34-19-14-26(36(38-34)43-5)22-39(23-35(41)42)37(2,3)4/h6-16,19-20,33H,17-18,21-23H2,1-5H3,(H,41,42)/t33-/m0/s1. The van der Waals surface area contributed by atoms with Crippen LogP contribution in [0.2, 0.25) is 0 Å². The third-order valence-electron chi connectivity index (χ3n) is 8.33. The molecule has 0 fully saturated rings. The summed E-state index contributed by atoms with van der Waals surface area (Å²) in [7, 11) is 1.57. The first-order valence-corrected chi connectivity index (χ1v) is 15.1. The van der Waals surface area contributed by atoms with Gasteiger partial charge < -0.3 is 19.3 Å². The van der Waals surface area contributed by atoms with E-state index in [0.717, 1.165) is 41.4 Å². The zero-order chi connectivity index (χ0) is 32.1. The molecule has 0 amide bonds. The van der Waals surface area contributed by atoms with Gasteiger partial charge in [-0.25, -0.2) is 0 Å². The molecule has 0 radical (unpaired) electrons. The highest BCUT2D eigenvalue weighted by molar-refractivity contribution is 5.80. The van der Waals surface area contributed by atoms with E-state index in [-0.39, 0.29) is 24.8 Å². The largest absolute Gasteiger partial charge is 0.486 e. The Balaban J connectivity index is 1.38. The molecule has 0 saturated carbocycles. The van der Waals surface area contributed by atoms with Gasteiger partial charge >= 0.3 is 5.97 Å². The second-order valence-electron chi connectivity index (χ2n) is 12.2. The predicted molar refractivity (Wildman–Crippen MR) is 174 cm³/mol. The maximum atomic E-state index is 11.5. The summed E-state index contributed by atoms with van der Waals surface area (Å²) in [5, 5.41) is 9.42. The van der Waals surface area contributed by atoms with Crippen LogP contribution in [0.25, 0.3) is 22.3 Å². The molecule has 1 N–H and O–H groups in total. The van der Waals surface area contributed by atoms with Crippen molar-refractivity contribution in [1.82, 2.24) is 9.88 Å². The van der Waals surface area contributed by atoms with Crippen molar-refractivity contribution in [2.24, 2.45) is 0 Å². The number of aldehydes is 1. The van der Waals surface area contributed by atoms with E-state index < -0.39 is 5.97 Å². The normalized spacial score (nSPS) is 14.2. The quantitative estimate of drug-likeness (QED) is 0.171. The van der Waals surface area contributed by atoms with E-state index in [9.17, 15) is 14.7 Å². The monoisotopic (exact) mass is 608 g/mol. The Kier molecular flexibility index (Phi) is 9.54. The molecule has 0 bridgehead atoms. The van der Waals surface area contributed by atoms with Gasteiger partial charge in [-0.1, -0.05) is 48.5 Å². The highest BCUT2D eigenvalue weighted by Gasteiger charge is 2.29. The Morgan fingerprint density at radius 3 is 2.40 bits per heavy atom. The molecule has 4 aromatic rings. The van der Waals surface area contributed by atoms with E-state index in [1.807, 2.05) is 62.1 Å². The third-order valence-corrected chi connectivity index (χ3v) is 8.33. The number of pyridine rings is 1. The van der Waals surface area contributed by atoms with Gasteiger partial charge in [0.1, 0.15) is 18.5 Å². The number of ether oxygens (including phenoxy) is 3. The Bertz CT molecular complexity index is 1680. The van der Waals surface area contributed by atoms with Crippen molar-refractivity contribution >= 4 is 12.3 Å². The molecule has 1 aliphatic carbocycles. The zero-order valence-electron chi connectivity index (χ0n) is 26.5. The molecule has 1 aliphatic rings. The molecular weight excluding hydrogens is 568 g/mol.